The zero-order chi connectivity index (χ0) is 15.2. The van der Waals surface area contributed by atoms with Gasteiger partial charge in [0.1, 0.15) is 0 Å². The van der Waals surface area contributed by atoms with Gasteiger partial charge in [-0.15, -0.1) is 0 Å². The van der Waals surface area contributed by atoms with E-state index in [9.17, 15) is 0 Å². The van der Waals surface area contributed by atoms with E-state index in [0.717, 1.165) is 32.6 Å². The van der Waals surface area contributed by atoms with Crippen LogP contribution in [0.2, 0.25) is 0 Å². The number of ether oxygens (including phenoxy) is 1. The van der Waals surface area contributed by atoms with Crippen molar-refractivity contribution in [2.24, 2.45) is 0 Å². The van der Waals surface area contributed by atoms with E-state index in [-0.39, 0.29) is 0 Å². The molecule has 1 N–H and O–H groups in total. The van der Waals surface area contributed by atoms with Crippen LogP contribution in [0, 0.1) is 13.8 Å². The first-order chi connectivity index (χ1) is 10.1. The molecular weight excluding hydrogens is 260 g/mol. The van der Waals surface area contributed by atoms with Crippen LogP contribution < -0.4 is 5.32 Å². The molecule has 0 spiro atoms. The molecule has 1 saturated heterocycles. The number of nitrogens with zero attached hydrogens (tertiary/aromatic N) is 1. The molecule has 0 radical (unpaired) electrons. The van der Waals surface area contributed by atoms with Crippen LogP contribution >= 0.6 is 0 Å². The second-order valence-corrected chi connectivity index (χ2v) is 6.27. The van der Waals surface area contributed by atoms with E-state index in [1.807, 2.05) is 7.11 Å². The molecule has 2 atom stereocenters. The standard InChI is InChI=1S/C18H30N2O/c1-5-9-19-18(13-20-10-8-16(12-20)21-4)17-11-14(2)6-7-15(17)3/h6-7,11,16,18-19H,5,8-10,12-13H2,1-4H3. The Labute approximate surface area is 129 Å². The summed E-state index contributed by atoms with van der Waals surface area (Å²) in [6.07, 6.45) is 2.74. The average Bonchev–Trinajstić information content (AvgIpc) is 2.94. The molecule has 1 aromatic carbocycles. The summed E-state index contributed by atoms with van der Waals surface area (Å²) < 4.78 is 5.49. The Kier molecular flexibility index (Phi) is 6.22. The van der Waals surface area contributed by atoms with Crippen LogP contribution in [0.1, 0.15) is 42.5 Å². The predicted octanol–water partition coefficient (Wildman–Crippen LogP) is 3.06. The van der Waals surface area contributed by atoms with E-state index in [1.54, 1.807) is 0 Å². The fraction of sp³-hybridized carbons (Fsp3) is 0.667. The first-order valence-electron chi connectivity index (χ1n) is 8.19. The minimum absolute atomic E-state index is 0.412. The molecule has 0 bridgehead atoms. The van der Waals surface area contributed by atoms with Crippen molar-refractivity contribution in [3.63, 3.8) is 0 Å². The molecule has 1 aliphatic heterocycles. The zero-order valence-corrected chi connectivity index (χ0v) is 14.0. The second kappa shape index (κ2) is 7.92. The molecule has 1 heterocycles. The molecule has 0 aliphatic carbocycles. The van der Waals surface area contributed by atoms with Gasteiger partial charge in [0.15, 0.2) is 0 Å². The second-order valence-electron chi connectivity index (χ2n) is 6.27. The first kappa shape index (κ1) is 16.5. The smallest absolute Gasteiger partial charge is 0.0710 e. The summed E-state index contributed by atoms with van der Waals surface area (Å²) in [5, 5.41) is 3.73. The molecule has 118 valence electrons. The Bertz CT molecular complexity index is 447. The summed E-state index contributed by atoms with van der Waals surface area (Å²) >= 11 is 0. The molecule has 2 unspecified atom stereocenters. The topological polar surface area (TPSA) is 24.5 Å². The lowest BCUT2D eigenvalue weighted by atomic mass is 9.98. The summed E-state index contributed by atoms with van der Waals surface area (Å²) in [6.45, 7) is 11.0. The van der Waals surface area contributed by atoms with Crippen LogP contribution in [0.15, 0.2) is 18.2 Å². The number of methoxy groups -OCH3 is 1. The average molecular weight is 290 g/mol. The normalized spacial score (nSPS) is 20.9. The van der Waals surface area contributed by atoms with Crippen molar-refractivity contribution in [2.45, 2.75) is 45.8 Å². The van der Waals surface area contributed by atoms with Crippen molar-refractivity contribution < 1.29 is 4.74 Å². The van der Waals surface area contributed by atoms with Gasteiger partial charge in [-0.2, -0.15) is 0 Å². The summed E-state index contributed by atoms with van der Waals surface area (Å²) in [6, 6.07) is 7.20. The fourth-order valence-electron chi connectivity index (χ4n) is 3.14. The van der Waals surface area contributed by atoms with Crippen LogP contribution in [0.3, 0.4) is 0 Å². The third kappa shape index (κ3) is 4.53. The summed E-state index contributed by atoms with van der Waals surface area (Å²) in [5.41, 5.74) is 4.18. The van der Waals surface area contributed by atoms with Crippen LogP contribution in [-0.2, 0) is 4.74 Å². The number of nitrogens with one attached hydrogen (secondary N) is 1. The molecule has 0 amide bonds. The Morgan fingerprint density at radius 3 is 2.86 bits per heavy atom. The maximum atomic E-state index is 5.49. The largest absolute Gasteiger partial charge is 0.380 e. The van der Waals surface area contributed by atoms with E-state index >= 15 is 0 Å². The molecule has 2 rings (SSSR count). The highest BCUT2D eigenvalue weighted by molar-refractivity contribution is 5.33. The minimum atomic E-state index is 0.412. The van der Waals surface area contributed by atoms with Crippen molar-refractivity contribution >= 4 is 0 Å². The van der Waals surface area contributed by atoms with Gasteiger partial charge in [-0.3, -0.25) is 4.90 Å². The van der Waals surface area contributed by atoms with E-state index in [4.69, 9.17) is 4.74 Å². The highest BCUT2D eigenvalue weighted by Crippen LogP contribution is 2.23. The maximum Gasteiger partial charge on any atom is 0.0710 e. The maximum absolute atomic E-state index is 5.49. The Morgan fingerprint density at radius 2 is 2.19 bits per heavy atom. The lowest BCUT2D eigenvalue weighted by molar-refractivity contribution is 0.106. The first-order valence-corrected chi connectivity index (χ1v) is 8.19. The van der Waals surface area contributed by atoms with Gasteiger partial charge in [0.05, 0.1) is 6.10 Å². The lowest BCUT2D eigenvalue weighted by Gasteiger charge is -2.26. The van der Waals surface area contributed by atoms with Crippen LogP contribution in [0.25, 0.3) is 0 Å². The number of hydrogen-bond acceptors (Lipinski definition) is 3. The van der Waals surface area contributed by atoms with Gasteiger partial charge in [-0.25, -0.2) is 0 Å². The number of benzene rings is 1. The zero-order valence-electron chi connectivity index (χ0n) is 14.0. The van der Waals surface area contributed by atoms with Crippen molar-refractivity contribution in [1.82, 2.24) is 10.2 Å². The lowest BCUT2D eigenvalue weighted by Crippen LogP contribution is -2.35. The van der Waals surface area contributed by atoms with E-state index in [0.29, 0.717) is 12.1 Å². The quantitative estimate of drug-likeness (QED) is 0.835. The molecule has 3 heteroatoms. The SMILES string of the molecule is CCCNC(CN1CCC(OC)C1)c1cc(C)ccc1C. The van der Waals surface area contributed by atoms with E-state index in [2.05, 4.69) is 49.2 Å². The third-order valence-electron chi connectivity index (χ3n) is 4.45. The molecule has 1 aliphatic rings. The summed E-state index contributed by atoms with van der Waals surface area (Å²) in [4.78, 5) is 2.53. The van der Waals surface area contributed by atoms with Crippen LogP contribution in [0.5, 0.6) is 0 Å². The highest BCUT2D eigenvalue weighted by atomic mass is 16.5. The predicted molar refractivity (Wildman–Crippen MR) is 88.8 cm³/mol. The minimum Gasteiger partial charge on any atom is -0.380 e. The molecule has 0 aromatic heterocycles. The van der Waals surface area contributed by atoms with Crippen molar-refractivity contribution in [1.29, 1.82) is 0 Å². The number of likely N-dealkylation sites (tertiary alicyclic amines) is 1. The Morgan fingerprint density at radius 1 is 1.38 bits per heavy atom. The van der Waals surface area contributed by atoms with Crippen molar-refractivity contribution in [3.05, 3.63) is 34.9 Å². The van der Waals surface area contributed by atoms with Crippen LogP contribution in [0.4, 0.5) is 0 Å². The van der Waals surface area contributed by atoms with Gasteiger partial charge in [0.2, 0.25) is 0 Å². The molecule has 1 aromatic rings. The monoisotopic (exact) mass is 290 g/mol. The number of rotatable bonds is 7. The Hall–Kier alpha value is -0.900. The molecular formula is C18H30N2O. The highest BCUT2D eigenvalue weighted by Gasteiger charge is 2.25. The van der Waals surface area contributed by atoms with Gasteiger partial charge in [0, 0.05) is 32.8 Å². The van der Waals surface area contributed by atoms with E-state index in [1.165, 1.54) is 23.1 Å². The Balaban J connectivity index is 2.08. The molecule has 21 heavy (non-hydrogen) atoms. The van der Waals surface area contributed by atoms with E-state index < -0.39 is 0 Å². The van der Waals surface area contributed by atoms with Gasteiger partial charge < -0.3 is 10.1 Å². The van der Waals surface area contributed by atoms with Crippen molar-refractivity contribution in [2.75, 3.05) is 33.3 Å². The van der Waals surface area contributed by atoms with Gasteiger partial charge in [-0.05, 0) is 44.4 Å². The van der Waals surface area contributed by atoms with Gasteiger partial charge in [-0.1, -0.05) is 30.7 Å². The van der Waals surface area contributed by atoms with Crippen molar-refractivity contribution in [3.8, 4) is 0 Å². The van der Waals surface area contributed by atoms with Gasteiger partial charge >= 0.3 is 0 Å². The summed E-state index contributed by atoms with van der Waals surface area (Å²) in [5.74, 6) is 0. The number of aryl methyl sites for hydroxylation is 2. The number of hydrogen-bond donors (Lipinski definition) is 1. The molecule has 3 nitrogen and oxygen atoms in total. The summed E-state index contributed by atoms with van der Waals surface area (Å²) in [7, 11) is 1.83. The third-order valence-corrected chi connectivity index (χ3v) is 4.45. The fourth-order valence-corrected chi connectivity index (χ4v) is 3.14. The van der Waals surface area contributed by atoms with Crippen LogP contribution in [-0.4, -0.2) is 44.3 Å². The molecule has 0 saturated carbocycles. The molecule has 1 fully saturated rings. The van der Waals surface area contributed by atoms with Gasteiger partial charge in [0.25, 0.3) is 0 Å².